The number of methoxy groups -OCH3 is 1. The van der Waals surface area contributed by atoms with Crippen molar-refractivity contribution in [3.63, 3.8) is 0 Å². The van der Waals surface area contributed by atoms with Gasteiger partial charge in [-0.3, -0.25) is 0 Å². The molecular formula is C17H20N4O3S. The lowest BCUT2D eigenvalue weighted by Crippen LogP contribution is -2.26. The average Bonchev–Trinajstić information content (AvgIpc) is 2.96. The third kappa shape index (κ3) is 3.71. The highest BCUT2D eigenvalue weighted by Gasteiger charge is 2.18. The summed E-state index contributed by atoms with van der Waals surface area (Å²) in [4.78, 5) is 9.11. The predicted molar refractivity (Wildman–Crippen MR) is 94.6 cm³/mol. The summed E-state index contributed by atoms with van der Waals surface area (Å²) in [6, 6.07) is 10.5. The molecule has 1 aromatic carbocycles. The van der Waals surface area contributed by atoms with Crippen molar-refractivity contribution in [1.29, 1.82) is 0 Å². The molecule has 0 spiro atoms. The van der Waals surface area contributed by atoms with E-state index >= 15 is 0 Å². The van der Waals surface area contributed by atoms with Crippen molar-refractivity contribution in [1.82, 2.24) is 19.3 Å². The van der Waals surface area contributed by atoms with E-state index in [1.165, 1.54) is 0 Å². The third-order valence-electron chi connectivity index (χ3n) is 3.91. The zero-order valence-corrected chi connectivity index (χ0v) is 15.0. The summed E-state index contributed by atoms with van der Waals surface area (Å²) in [6.45, 7) is 2.88. The number of nitrogens with zero attached hydrogens (tertiary/aromatic N) is 3. The van der Waals surface area contributed by atoms with E-state index in [4.69, 9.17) is 4.74 Å². The van der Waals surface area contributed by atoms with Gasteiger partial charge in [0.05, 0.1) is 18.0 Å². The zero-order valence-electron chi connectivity index (χ0n) is 14.1. The number of sulfonamides is 1. The van der Waals surface area contributed by atoms with Crippen molar-refractivity contribution < 1.29 is 13.2 Å². The van der Waals surface area contributed by atoms with Crippen LogP contribution in [0.2, 0.25) is 0 Å². The van der Waals surface area contributed by atoms with E-state index < -0.39 is 10.0 Å². The van der Waals surface area contributed by atoms with Crippen LogP contribution in [0.3, 0.4) is 0 Å². The van der Waals surface area contributed by atoms with E-state index in [0.29, 0.717) is 30.2 Å². The molecule has 0 saturated carbocycles. The molecule has 25 heavy (non-hydrogen) atoms. The van der Waals surface area contributed by atoms with Crippen molar-refractivity contribution >= 4 is 21.2 Å². The minimum absolute atomic E-state index is 0.0801. The van der Waals surface area contributed by atoms with Crippen molar-refractivity contribution in [2.75, 3.05) is 13.7 Å². The highest BCUT2D eigenvalue weighted by atomic mass is 32.2. The topological polar surface area (TPSA) is 86.1 Å². The second-order valence-electron chi connectivity index (χ2n) is 5.61. The Balaban J connectivity index is 1.89. The first-order valence-corrected chi connectivity index (χ1v) is 9.35. The van der Waals surface area contributed by atoms with E-state index in [-0.39, 0.29) is 11.4 Å². The number of hydrogen-bond acceptors (Lipinski definition) is 5. The Bertz CT molecular complexity index is 982. The SMILES string of the molecule is COCCn1c(CNS(=O)(=O)c2ccccc2C)nc2cccnc21. The number of rotatable bonds is 7. The van der Waals surface area contributed by atoms with Crippen molar-refractivity contribution in [2.24, 2.45) is 0 Å². The van der Waals surface area contributed by atoms with Crippen LogP contribution >= 0.6 is 0 Å². The summed E-state index contributed by atoms with van der Waals surface area (Å²) in [6.07, 6.45) is 1.69. The number of hydrogen-bond donors (Lipinski definition) is 1. The van der Waals surface area contributed by atoms with Crippen LogP contribution in [0.25, 0.3) is 11.2 Å². The Labute approximate surface area is 146 Å². The van der Waals surface area contributed by atoms with Crippen LogP contribution in [0, 0.1) is 6.92 Å². The second-order valence-corrected chi connectivity index (χ2v) is 7.34. The van der Waals surface area contributed by atoms with Gasteiger partial charge >= 0.3 is 0 Å². The third-order valence-corrected chi connectivity index (χ3v) is 5.47. The van der Waals surface area contributed by atoms with E-state index in [0.717, 1.165) is 5.52 Å². The summed E-state index contributed by atoms with van der Waals surface area (Å²) >= 11 is 0. The molecule has 0 bridgehead atoms. The summed E-state index contributed by atoms with van der Waals surface area (Å²) in [5.74, 6) is 0.600. The first-order chi connectivity index (χ1) is 12.0. The van der Waals surface area contributed by atoms with Gasteiger partial charge in [0.1, 0.15) is 11.3 Å². The summed E-state index contributed by atoms with van der Waals surface area (Å²) in [5.41, 5.74) is 2.14. The van der Waals surface area contributed by atoms with Crippen LogP contribution < -0.4 is 4.72 Å². The van der Waals surface area contributed by atoms with E-state index in [2.05, 4.69) is 14.7 Å². The second kappa shape index (κ2) is 7.30. The number of aromatic nitrogens is 3. The Morgan fingerprint density at radius 3 is 2.76 bits per heavy atom. The summed E-state index contributed by atoms with van der Waals surface area (Å²) in [5, 5.41) is 0. The molecule has 132 valence electrons. The molecule has 0 unspecified atom stereocenters. The molecule has 0 saturated heterocycles. The van der Waals surface area contributed by atoms with Crippen LogP contribution in [0.1, 0.15) is 11.4 Å². The first kappa shape index (κ1) is 17.5. The molecule has 0 amide bonds. The van der Waals surface area contributed by atoms with Crippen LogP contribution in [-0.2, 0) is 27.8 Å². The average molecular weight is 360 g/mol. The maximum Gasteiger partial charge on any atom is 0.241 e. The molecule has 0 aliphatic heterocycles. The number of nitrogens with one attached hydrogen (secondary N) is 1. The molecule has 0 atom stereocenters. The highest BCUT2D eigenvalue weighted by molar-refractivity contribution is 7.89. The zero-order chi connectivity index (χ0) is 17.9. The fraction of sp³-hybridized carbons (Fsp3) is 0.294. The number of pyridine rings is 1. The van der Waals surface area contributed by atoms with Gasteiger partial charge in [-0.15, -0.1) is 0 Å². The first-order valence-electron chi connectivity index (χ1n) is 7.87. The Hall–Kier alpha value is -2.29. The molecule has 7 nitrogen and oxygen atoms in total. The van der Waals surface area contributed by atoms with E-state index in [1.807, 2.05) is 16.7 Å². The molecule has 0 aliphatic carbocycles. The number of imidazole rings is 1. The number of fused-ring (bicyclic) bond motifs is 1. The fourth-order valence-corrected chi connectivity index (χ4v) is 3.88. The quantitative estimate of drug-likeness (QED) is 0.695. The van der Waals surface area contributed by atoms with Gasteiger partial charge in [-0.25, -0.2) is 23.1 Å². The lowest BCUT2D eigenvalue weighted by Gasteiger charge is -2.11. The van der Waals surface area contributed by atoms with Crippen LogP contribution in [0.5, 0.6) is 0 Å². The molecule has 8 heteroatoms. The van der Waals surface area contributed by atoms with Gasteiger partial charge in [0.25, 0.3) is 0 Å². The van der Waals surface area contributed by atoms with Gasteiger partial charge in [0, 0.05) is 19.9 Å². The summed E-state index contributed by atoms with van der Waals surface area (Å²) in [7, 11) is -2.00. The largest absolute Gasteiger partial charge is 0.383 e. The molecule has 0 radical (unpaired) electrons. The Morgan fingerprint density at radius 1 is 1.20 bits per heavy atom. The van der Waals surface area contributed by atoms with Crippen LogP contribution in [-0.4, -0.2) is 36.7 Å². The molecular weight excluding hydrogens is 340 g/mol. The monoisotopic (exact) mass is 360 g/mol. The minimum Gasteiger partial charge on any atom is -0.383 e. The Kier molecular flexibility index (Phi) is 5.12. The smallest absolute Gasteiger partial charge is 0.241 e. The maximum absolute atomic E-state index is 12.6. The van der Waals surface area contributed by atoms with Gasteiger partial charge in [0.2, 0.25) is 10.0 Å². The fourth-order valence-electron chi connectivity index (χ4n) is 2.65. The molecule has 0 fully saturated rings. The van der Waals surface area contributed by atoms with Crippen LogP contribution in [0.15, 0.2) is 47.5 Å². The summed E-state index contributed by atoms with van der Waals surface area (Å²) < 4.78 is 34.8. The van der Waals surface area contributed by atoms with Gasteiger partial charge < -0.3 is 9.30 Å². The van der Waals surface area contributed by atoms with Gasteiger partial charge in [-0.05, 0) is 30.7 Å². The Morgan fingerprint density at radius 2 is 2.00 bits per heavy atom. The maximum atomic E-state index is 12.6. The molecule has 2 aromatic heterocycles. The molecule has 2 heterocycles. The van der Waals surface area contributed by atoms with Gasteiger partial charge in [-0.1, -0.05) is 18.2 Å². The van der Waals surface area contributed by atoms with Crippen molar-refractivity contribution in [3.8, 4) is 0 Å². The van der Waals surface area contributed by atoms with Gasteiger partial charge in [-0.2, -0.15) is 0 Å². The van der Waals surface area contributed by atoms with Crippen molar-refractivity contribution in [3.05, 3.63) is 54.0 Å². The molecule has 0 aliphatic rings. The molecule has 3 rings (SSSR count). The van der Waals surface area contributed by atoms with Crippen LogP contribution in [0.4, 0.5) is 0 Å². The van der Waals surface area contributed by atoms with Crippen molar-refractivity contribution in [2.45, 2.75) is 24.9 Å². The molecule has 3 aromatic rings. The normalized spacial score (nSPS) is 11.9. The number of ether oxygens (including phenoxy) is 1. The lowest BCUT2D eigenvalue weighted by atomic mass is 10.2. The lowest BCUT2D eigenvalue weighted by molar-refractivity contribution is 0.187. The predicted octanol–water partition coefficient (Wildman–Crippen LogP) is 1.86. The van der Waals surface area contributed by atoms with E-state index in [1.54, 1.807) is 44.5 Å². The highest BCUT2D eigenvalue weighted by Crippen LogP contribution is 2.16. The number of benzene rings is 1. The minimum atomic E-state index is -3.62. The molecule has 1 N–H and O–H groups in total. The standard InChI is InChI=1S/C17H20N4O3S/c1-13-6-3-4-8-15(13)25(22,23)19-12-16-20-14-7-5-9-18-17(14)21(16)10-11-24-2/h3-9,19H,10-12H2,1-2H3. The van der Waals surface area contributed by atoms with Gasteiger partial charge in [0.15, 0.2) is 5.65 Å². The number of aryl methyl sites for hydroxylation is 1. The van der Waals surface area contributed by atoms with E-state index in [9.17, 15) is 8.42 Å².